The lowest BCUT2D eigenvalue weighted by Gasteiger charge is -2.66. The number of rotatable bonds is 4. The molecule has 270 valence electrons. The highest BCUT2D eigenvalue weighted by atomic mass is 16.6. The van der Waals surface area contributed by atoms with Crippen molar-refractivity contribution in [2.24, 2.45) is 57.7 Å². The monoisotopic (exact) mass is 690 g/mol. The Hall–Kier alpha value is -2.91. The first-order chi connectivity index (χ1) is 22.7. The van der Waals surface area contributed by atoms with Crippen LogP contribution in [0, 0.1) is 57.7 Å². The van der Waals surface area contributed by atoms with Crippen LogP contribution in [0.2, 0.25) is 0 Å². The lowest BCUT2D eigenvalue weighted by Crippen LogP contribution is -2.77. The zero-order valence-electron chi connectivity index (χ0n) is 28.8. The van der Waals surface area contributed by atoms with Crippen LogP contribution in [0.1, 0.15) is 61.8 Å². The van der Waals surface area contributed by atoms with E-state index in [9.17, 15) is 44.4 Å². The topological polar surface area (TPSA) is 216 Å². The summed E-state index contributed by atoms with van der Waals surface area (Å²) in [4.78, 5) is 66.6. The van der Waals surface area contributed by atoms with E-state index in [0.717, 1.165) is 6.92 Å². The van der Waals surface area contributed by atoms with Gasteiger partial charge < -0.3 is 44.1 Å². The van der Waals surface area contributed by atoms with Crippen LogP contribution >= 0.6 is 0 Å². The second-order valence-electron chi connectivity index (χ2n) is 16.2. The number of aliphatic hydroxyl groups excluding tert-OH is 3. The first kappa shape index (κ1) is 34.5. The van der Waals surface area contributed by atoms with E-state index in [0.29, 0.717) is 0 Å². The molecule has 7 rings (SSSR count). The largest absolute Gasteiger partial charge is 0.462 e. The molecule has 0 aromatic rings. The minimum Gasteiger partial charge on any atom is -0.462 e. The van der Waals surface area contributed by atoms with Gasteiger partial charge in [0.25, 0.3) is 0 Å². The van der Waals surface area contributed by atoms with Crippen molar-refractivity contribution in [1.29, 1.82) is 0 Å². The standard InChI is InChI=1S/C35H46O14/c1-11-9-18-33(7,34(8,44)31(43)49-18)23-20(11)32(6)21(27(23)45-13(3)37)19-22(28(46-14(4)38)30(32)47-15(5)39)35(12(2)36)16(24(40)25(19)41)10-17-26(48-17)29(35)42/h9,11,16-17,19-30,40-42,44H,10H2,1-8H3/t11-,16-,17+,19+,20+,21-,22?,23+,24+,25-,26+,27-,28+,29+,30+,32-,33+,34-,35+/m1/s1. The van der Waals surface area contributed by atoms with Gasteiger partial charge >= 0.3 is 23.9 Å². The molecular weight excluding hydrogens is 644 g/mol. The zero-order chi connectivity index (χ0) is 36.1. The molecule has 49 heavy (non-hydrogen) atoms. The number of allylic oxidation sites excluding steroid dienone is 1. The van der Waals surface area contributed by atoms with Crippen molar-refractivity contribution in [2.45, 2.75) is 116 Å². The van der Waals surface area contributed by atoms with Crippen molar-refractivity contribution in [2.75, 3.05) is 0 Å². The first-order valence-corrected chi connectivity index (χ1v) is 17.1. The predicted molar refractivity (Wildman–Crippen MR) is 162 cm³/mol. The summed E-state index contributed by atoms with van der Waals surface area (Å²) in [5.74, 6) is -10.2. The smallest absolute Gasteiger partial charge is 0.343 e. The summed E-state index contributed by atoms with van der Waals surface area (Å²) in [5.41, 5.74) is -6.85. The third kappa shape index (κ3) is 4.03. The van der Waals surface area contributed by atoms with E-state index in [1.165, 1.54) is 27.7 Å². The molecule has 1 unspecified atom stereocenters. The molecule has 0 spiro atoms. The molecular formula is C35H46O14. The van der Waals surface area contributed by atoms with E-state index in [2.05, 4.69) is 0 Å². The van der Waals surface area contributed by atoms with Gasteiger partial charge in [-0.15, -0.1) is 0 Å². The fraction of sp³-hybridized carbons (Fsp3) is 0.800. The van der Waals surface area contributed by atoms with Crippen LogP contribution in [0.3, 0.4) is 0 Å². The number of hydrogen-bond acceptors (Lipinski definition) is 14. The van der Waals surface area contributed by atoms with E-state index in [-0.39, 0.29) is 12.2 Å². The summed E-state index contributed by atoms with van der Waals surface area (Å²) in [7, 11) is 0. The average molecular weight is 691 g/mol. The highest BCUT2D eigenvalue weighted by molar-refractivity contribution is 5.86. The maximum Gasteiger partial charge on any atom is 0.343 e. The average Bonchev–Trinajstić information content (AvgIpc) is 3.68. The zero-order valence-corrected chi connectivity index (χ0v) is 28.8. The third-order valence-electron chi connectivity index (χ3n) is 14.1. The van der Waals surface area contributed by atoms with Gasteiger partial charge in [0.1, 0.15) is 36.0 Å². The summed E-state index contributed by atoms with van der Waals surface area (Å²) in [6.45, 7) is 11.4. The van der Waals surface area contributed by atoms with Gasteiger partial charge in [0.2, 0.25) is 0 Å². The van der Waals surface area contributed by atoms with Crippen molar-refractivity contribution in [3.8, 4) is 0 Å². The fourth-order valence-corrected chi connectivity index (χ4v) is 12.4. The fourth-order valence-electron chi connectivity index (χ4n) is 12.4. The minimum absolute atomic E-state index is 0.124. The van der Waals surface area contributed by atoms with Crippen LogP contribution in [0.4, 0.5) is 0 Å². The summed E-state index contributed by atoms with van der Waals surface area (Å²) in [6.07, 6.45) is -8.07. The Morgan fingerprint density at radius 2 is 1.43 bits per heavy atom. The van der Waals surface area contributed by atoms with Crippen molar-refractivity contribution in [3.63, 3.8) is 0 Å². The molecule has 7 aliphatic rings. The van der Waals surface area contributed by atoms with Gasteiger partial charge in [-0.1, -0.05) is 13.8 Å². The van der Waals surface area contributed by atoms with Gasteiger partial charge in [0, 0.05) is 55.8 Å². The molecule has 2 heterocycles. The van der Waals surface area contributed by atoms with E-state index < -0.39 is 142 Å². The van der Waals surface area contributed by atoms with Crippen molar-refractivity contribution >= 4 is 29.7 Å². The Balaban J connectivity index is 1.56. The Morgan fingerprint density at radius 3 is 2.00 bits per heavy atom. The van der Waals surface area contributed by atoms with Crippen LogP contribution in [0.25, 0.3) is 0 Å². The van der Waals surface area contributed by atoms with Crippen LogP contribution in [0.5, 0.6) is 0 Å². The number of epoxide rings is 1. The number of hydrogen-bond donors (Lipinski definition) is 4. The maximum absolute atomic E-state index is 14.2. The highest BCUT2D eigenvalue weighted by Gasteiger charge is 2.84. The molecule has 5 aliphatic carbocycles. The van der Waals surface area contributed by atoms with E-state index in [1.807, 2.05) is 6.92 Å². The molecule has 19 atom stereocenters. The summed E-state index contributed by atoms with van der Waals surface area (Å²) in [6, 6.07) is 0. The van der Waals surface area contributed by atoms with Gasteiger partial charge in [-0.25, -0.2) is 4.79 Å². The van der Waals surface area contributed by atoms with Crippen LogP contribution in [-0.4, -0.2) is 105 Å². The predicted octanol–water partition coefficient (Wildman–Crippen LogP) is 0.203. The normalized spacial score (nSPS) is 54.7. The Kier molecular flexibility index (Phi) is 7.45. The number of Topliss-reactive ketones (excluding diaryl/α,β-unsaturated/α-hetero) is 1. The lowest BCUT2D eigenvalue weighted by molar-refractivity contribution is -0.294. The molecule has 4 saturated carbocycles. The van der Waals surface area contributed by atoms with E-state index in [1.54, 1.807) is 19.9 Å². The van der Waals surface area contributed by atoms with Gasteiger partial charge in [0.15, 0.2) is 5.60 Å². The Morgan fingerprint density at radius 1 is 0.837 bits per heavy atom. The van der Waals surface area contributed by atoms with Crippen LogP contribution < -0.4 is 0 Å². The Labute approximate surface area is 283 Å². The number of aliphatic hydroxyl groups is 4. The molecule has 6 fully saturated rings. The molecule has 14 nitrogen and oxygen atoms in total. The van der Waals surface area contributed by atoms with Crippen molar-refractivity contribution < 1.29 is 68.1 Å². The quantitative estimate of drug-likeness (QED) is 0.176. The van der Waals surface area contributed by atoms with Gasteiger partial charge in [0.05, 0.1) is 35.2 Å². The van der Waals surface area contributed by atoms with Gasteiger partial charge in [-0.2, -0.15) is 0 Å². The molecule has 2 aliphatic heterocycles. The minimum atomic E-state index is -2.12. The molecule has 0 aromatic carbocycles. The first-order valence-electron chi connectivity index (χ1n) is 17.1. The van der Waals surface area contributed by atoms with Crippen molar-refractivity contribution in [1.82, 2.24) is 0 Å². The number of ether oxygens (including phenoxy) is 5. The van der Waals surface area contributed by atoms with Gasteiger partial charge in [-0.3, -0.25) is 19.2 Å². The van der Waals surface area contributed by atoms with E-state index >= 15 is 0 Å². The second-order valence-corrected chi connectivity index (χ2v) is 16.2. The Bertz CT molecular complexity index is 1550. The molecule has 4 N–H and O–H groups in total. The van der Waals surface area contributed by atoms with Crippen molar-refractivity contribution in [3.05, 3.63) is 11.8 Å². The summed E-state index contributed by atoms with van der Waals surface area (Å²) >= 11 is 0. The number of fused-ring (bicyclic) bond motifs is 10. The lowest BCUT2D eigenvalue weighted by atomic mass is 9.39. The molecule has 0 bridgehead atoms. The summed E-state index contributed by atoms with van der Waals surface area (Å²) in [5, 5.41) is 48.2. The maximum atomic E-state index is 14.2. The van der Waals surface area contributed by atoms with Gasteiger partial charge in [-0.05, 0) is 45.1 Å². The number of carbonyl (C=O) groups excluding carboxylic acids is 5. The van der Waals surface area contributed by atoms with E-state index in [4.69, 9.17) is 23.7 Å². The molecule has 14 heteroatoms. The second kappa shape index (κ2) is 10.6. The molecule has 0 aromatic heterocycles. The van der Waals surface area contributed by atoms with Crippen LogP contribution in [0.15, 0.2) is 11.8 Å². The molecule has 0 radical (unpaired) electrons. The molecule has 2 saturated heterocycles. The van der Waals surface area contributed by atoms with Crippen LogP contribution in [-0.2, 0) is 47.7 Å². The summed E-state index contributed by atoms with van der Waals surface area (Å²) < 4.78 is 29.9. The number of carbonyl (C=O) groups is 5. The highest BCUT2D eigenvalue weighted by Crippen LogP contribution is 2.76. The number of ketones is 1. The molecule has 0 amide bonds. The number of esters is 4. The third-order valence-corrected chi connectivity index (χ3v) is 14.1. The SMILES string of the molecule is CC(=O)O[C@@H]1[C@H]2[C@H]3C([C@H](OC(C)=O)[C@H](OC(C)=O)[C@]2(C)[C@@H]2[C@@H]1[C@]1(C)C(=C[C@H]2C)OC(=O)[C@@]1(C)O)[C@]1(C(C)=O)[C@H](C[C@@H]2O[C@@H]2[C@@H]1O)[C@H](O)[C@@H]3O.